The average molecular weight is 245 g/mol. The van der Waals surface area contributed by atoms with E-state index < -0.39 is 0 Å². The second-order valence-electron chi connectivity index (χ2n) is 4.77. The van der Waals surface area contributed by atoms with Gasteiger partial charge in [-0.15, -0.1) is 0 Å². The molecular formula is C15H23N3. The summed E-state index contributed by atoms with van der Waals surface area (Å²) in [5, 5.41) is 12.5. The van der Waals surface area contributed by atoms with Crippen molar-refractivity contribution in [2.45, 2.75) is 25.8 Å². The summed E-state index contributed by atoms with van der Waals surface area (Å²) >= 11 is 0. The van der Waals surface area contributed by atoms with Crippen LogP contribution in [0.2, 0.25) is 0 Å². The van der Waals surface area contributed by atoms with Gasteiger partial charge in [-0.25, -0.2) is 0 Å². The molecule has 3 nitrogen and oxygen atoms in total. The maximum atomic E-state index is 9.19. The second kappa shape index (κ2) is 7.86. The molecule has 1 rings (SSSR count). The molecule has 0 heterocycles. The lowest BCUT2D eigenvalue weighted by Crippen LogP contribution is -2.24. The van der Waals surface area contributed by atoms with Gasteiger partial charge >= 0.3 is 0 Å². The fourth-order valence-electron chi connectivity index (χ4n) is 1.83. The van der Waals surface area contributed by atoms with Crippen molar-refractivity contribution in [1.82, 2.24) is 10.2 Å². The summed E-state index contributed by atoms with van der Waals surface area (Å²) in [4.78, 5) is 2.15. The highest BCUT2D eigenvalue weighted by Crippen LogP contribution is 2.13. The Hall–Kier alpha value is -1.37. The Bertz CT molecular complexity index is 376. The number of hydrogen-bond acceptors (Lipinski definition) is 3. The highest BCUT2D eigenvalue weighted by atomic mass is 15.1. The van der Waals surface area contributed by atoms with Crippen LogP contribution in [0.15, 0.2) is 24.3 Å². The van der Waals surface area contributed by atoms with Gasteiger partial charge < -0.3 is 4.90 Å². The fraction of sp³-hybridized carbons (Fsp3) is 0.533. The normalized spacial score (nSPS) is 12.4. The molecule has 0 aliphatic rings. The maximum absolute atomic E-state index is 9.19. The molecule has 3 heteroatoms. The minimum atomic E-state index is -0.196. The molecule has 0 aliphatic heterocycles. The number of nitriles is 1. The van der Waals surface area contributed by atoms with Gasteiger partial charge in [0.05, 0.1) is 6.07 Å². The number of nitrogens with zero attached hydrogens (tertiary/aromatic N) is 2. The lowest BCUT2D eigenvalue weighted by atomic mass is 10.0. The number of rotatable bonds is 7. The molecule has 0 spiro atoms. The van der Waals surface area contributed by atoms with Gasteiger partial charge in [0.25, 0.3) is 0 Å². The van der Waals surface area contributed by atoms with Crippen LogP contribution in [0, 0.1) is 11.3 Å². The number of nitrogens with one attached hydrogen (secondary N) is 1. The van der Waals surface area contributed by atoms with E-state index in [2.05, 4.69) is 49.4 Å². The van der Waals surface area contributed by atoms with E-state index in [1.807, 2.05) is 12.1 Å². The zero-order valence-electron chi connectivity index (χ0n) is 11.6. The molecular weight excluding hydrogens is 222 g/mol. The Labute approximate surface area is 110 Å². The van der Waals surface area contributed by atoms with Crippen molar-refractivity contribution < 1.29 is 0 Å². The van der Waals surface area contributed by atoms with Crippen LogP contribution in [0.25, 0.3) is 0 Å². The summed E-state index contributed by atoms with van der Waals surface area (Å²) in [6.45, 7) is 4.04. The molecule has 0 fully saturated rings. The summed E-state index contributed by atoms with van der Waals surface area (Å²) < 4.78 is 0. The molecule has 18 heavy (non-hydrogen) atoms. The molecule has 0 aromatic heterocycles. The first-order valence-electron chi connectivity index (χ1n) is 6.54. The standard InChI is InChI=1S/C15H23N3/c1-4-13-6-8-14(9-7-13)15(12-16)17-10-5-11-18(2)3/h6-9,15,17H,4-5,10-11H2,1-3H3. The van der Waals surface area contributed by atoms with Crippen molar-refractivity contribution in [3.05, 3.63) is 35.4 Å². The summed E-state index contributed by atoms with van der Waals surface area (Å²) in [5.41, 5.74) is 2.36. The van der Waals surface area contributed by atoms with Gasteiger partial charge in [0.2, 0.25) is 0 Å². The minimum absolute atomic E-state index is 0.196. The van der Waals surface area contributed by atoms with Crippen LogP contribution in [-0.4, -0.2) is 32.1 Å². The van der Waals surface area contributed by atoms with E-state index in [0.29, 0.717) is 0 Å². The van der Waals surface area contributed by atoms with Crippen LogP contribution < -0.4 is 5.32 Å². The highest BCUT2D eigenvalue weighted by molar-refractivity contribution is 5.28. The van der Waals surface area contributed by atoms with Crippen molar-refractivity contribution >= 4 is 0 Å². The first-order chi connectivity index (χ1) is 8.67. The highest BCUT2D eigenvalue weighted by Gasteiger charge is 2.08. The van der Waals surface area contributed by atoms with Crippen LogP contribution in [0.5, 0.6) is 0 Å². The van der Waals surface area contributed by atoms with Crippen molar-refractivity contribution in [3.63, 3.8) is 0 Å². The van der Waals surface area contributed by atoms with Gasteiger partial charge in [0.1, 0.15) is 6.04 Å². The second-order valence-corrected chi connectivity index (χ2v) is 4.77. The minimum Gasteiger partial charge on any atom is -0.309 e. The Morgan fingerprint density at radius 2 is 1.94 bits per heavy atom. The Morgan fingerprint density at radius 1 is 1.28 bits per heavy atom. The third-order valence-corrected chi connectivity index (χ3v) is 2.98. The third kappa shape index (κ3) is 4.87. The molecule has 0 radical (unpaired) electrons. The molecule has 0 saturated heterocycles. The topological polar surface area (TPSA) is 39.1 Å². The van der Waals surface area contributed by atoms with Crippen LogP contribution >= 0.6 is 0 Å². The Kier molecular flexibility index (Phi) is 6.42. The van der Waals surface area contributed by atoms with Crippen molar-refractivity contribution in [2.75, 3.05) is 27.2 Å². The van der Waals surface area contributed by atoms with Crippen LogP contribution in [0.4, 0.5) is 0 Å². The first kappa shape index (κ1) is 14.7. The van der Waals surface area contributed by atoms with Gasteiger partial charge in [-0.05, 0) is 51.2 Å². The van der Waals surface area contributed by atoms with E-state index in [0.717, 1.165) is 31.5 Å². The third-order valence-electron chi connectivity index (χ3n) is 2.98. The molecule has 98 valence electrons. The number of aryl methyl sites for hydroxylation is 1. The van der Waals surface area contributed by atoms with Gasteiger partial charge in [0.15, 0.2) is 0 Å². The van der Waals surface area contributed by atoms with E-state index in [4.69, 9.17) is 0 Å². The van der Waals surface area contributed by atoms with Gasteiger partial charge in [-0.2, -0.15) is 5.26 Å². The summed E-state index contributed by atoms with van der Waals surface area (Å²) in [7, 11) is 4.12. The van der Waals surface area contributed by atoms with E-state index in [9.17, 15) is 5.26 Å². The molecule has 0 aliphatic carbocycles. The zero-order chi connectivity index (χ0) is 13.4. The van der Waals surface area contributed by atoms with Crippen LogP contribution in [0.1, 0.15) is 30.5 Å². The predicted octanol–water partition coefficient (Wildman–Crippen LogP) is 2.35. The van der Waals surface area contributed by atoms with Crippen molar-refractivity contribution in [1.29, 1.82) is 5.26 Å². The lowest BCUT2D eigenvalue weighted by molar-refractivity contribution is 0.392. The first-order valence-corrected chi connectivity index (χ1v) is 6.54. The molecule has 1 unspecified atom stereocenters. The van der Waals surface area contributed by atoms with Gasteiger partial charge in [-0.1, -0.05) is 31.2 Å². The van der Waals surface area contributed by atoms with E-state index in [1.54, 1.807) is 0 Å². The van der Waals surface area contributed by atoms with Gasteiger partial charge in [0, 0.05) is 0 Å². The maximum Gasteiger partial charge on any atom is 0.121 e. The fourth-order valence-corrected chi connectivity index (χ4v) is 1.83. The van der Waals surface area contributed by atoms with Gasteiger partial charge in [-0.3, -0.25) is 5.32 Å². The van der Waals surface area contributed by atoms with Crippen molar-refractivity contribution in [2.24, 2.45) is 0 Å². The molecule has 1 N–H and O–H groups in total. The monoisotopic (exact) mass is 245 g/mol. The smallest absolute Gasteiger partial charge is 0.121 e. The lowest BCUT2D eigenvalue weighted by Gasteiger charge is -2.14. The van der Waals surface area contributed by atoms with E-state index in [-0.39, 0.29) is 6.04 Å². The zero-order valence-corrected chi connectivity index (χ0v) is 11.6. The number of hydrogen-bond donors (Lipinski definition) is 1. The van der Waals surface area contributed by atoms with Crippen LogP contribution in [-0.2, 0) is 6.42 Å². The molecule has 1 atom stereocenters. The number of benzene rings is 1. The predicted molar refractivity (Wildman–Crippen MR) is 75.3 cm³/mol. The van der Waals surface area contributed by atoms with Crippen molar-refractivity contribution in [3.8, 4) is 6.07 Å². The quantitative estimate of drug-likeness (QED) is 0.750. The molecule has 1 aromatic rings. The largest absolute Gasteiger partial charge is 0.309 e. The Morgan fingerprint density at radius 3 is 2.44 bits per heavy atom. The Balaban J connectivity index is 2.47. The van der Waals surface area contributed by atoms with E-state index >= 15 is 0 Å². The summed E-state index contributed by atoms with van der Waals surface area (Å²) in [5.74, 6) is 0. The molecule has 1 aromatic carbocycles. The molecule has 0 bridgehead atoms. The molecule has 0 amide bonds. The SMILES string of the molecule is CCc1ccc(C(C#N)NCCCN(C)C)cc1. The van der Waals surface area contributed by atoms with Crippen LogP contribution in [0.3, 0.4) is 0 Å². The van der Waals surface area contributed by atoms with E-state index in [1.165, 1.54) is 5.56 Å². The molecule has 0 saturated carbocycles. The average Bonchev–Trinajstić information content (AvgIpc) is 2.39. The summed E-state index contributed by atoms with van der Waals surface area (Å²) in [6.07, 6.45) is 2.09. The summed E-state index contributed by atoms with van der Waals surface area (Å²) in [6, 6.07) is 10.4.